The number of benzene rings is 1. The molecular formula is C23H28N6O. The minimum atomic E-state index is 0.766. The Bertz CT molecular complexity index is 1020. The maximum Gasteiger partial charge on any atom is 0.176 e. The quantitative estimate of drug-likeness (QED) is 0.652. The van der Waals surface area contributed by atoms with E-state index in [9.17, 15) is 0 Å². The van der Waals surface area contributed by atoms with Gasteiger partial charge in [-0.3, -0.25) is 4.90 Å². The van der Waals surface area contributed by atoms with Gasteiger partial charge in [-0.1, -0.05) is 12.1 Å². The number of aryl methyl sites for hydroxylation is 2. The van der Waals surface area contributed by atoms with Crippen molar-refractivity contribution in [1.82, 2.24) is 24.9 Å². The third-order valence-electron chi connectivity index (χ3n) is 6.03. The second-order valence-electron chi connectivity index (χ2n) is 8.21. The van der Waals surface area contributed by atoms with E-state index in [4.69, 9.17) is 4.74 Å². The molecular weight excluding hydrogens is 376 g/mol. The van der Waals surface area contributed by atoms with Gasteiger partial charge in [0.25, 0.3) is 0 Å². The standard InChI is InChI=1S/C23H28N6O/c1-17-15-18(2)29(26-17)23-6-5-22(24-25-23)28-12-10-27(11-13-28)9-7-19-3-4-21-20(16-19)8-14-30-21/h3-6,15-16H,7-14H2,1-2H3. The predicted molar refractivity (Wildman–Crippen MR) is 117 cm³/mol. The summed E-state index contributed by atoms with van der Waals surface area (Å²) in [4.78, 5) is 4.86. The number of fused-ring (bicyclic) bond motifs is 1. The maximum absolute atomic E-state index is 5.61. The molecule has 1 fully saturated rings. The molecule has 0 atom stereocenters. The first kappa shape index (κ1) is 19.1. The number of ether oxygens (including phenoxy) is 1. The van der Waals surface area contributed by atoms with Crippen LogP contribution in [0.5, 0.6) is 5.75 Å². The Morgan fingerprint density at radius 3 is 2.47 bits per heavy atom. The summed E-state index contributed by atoms with van der Waals surface area (Å²) < 4.78 is 7.45. The topological polar surface area (TPSA) is 59.3 Å². The molecule has 2 aliphatic rings. The van der Waals surface area contributed by atoms with Gasteiger partial charge >= 0.3 is 0 Å². The number of rotatable bonds is 5. The average Bonchev–Trinajstić information content (AvgIpc) is 3.38. The Labute approximate surface area is 177 Å². The van der Waals surface area contributed by atoms with Crippen molar-refractivity contribution in [3.05, 3.63) is 58.9 Å². The molecule has 0 unspecified atom stereocenters. The molecule has 1 saturated heterocycles. The molecule has 0 amide bonds. The third kappa shape index (κ3) is 3.89. The lowest BCUT2D eigenvalue weighted by Crippen LogP contribution is -2.47. The van der Waals surface area contributed by atoms with Gasteiger partial charge in [-0.15, -0.1) is 10.2 Å². The Morgan fingerprint density at radius 2 is 1.73 bits per heavy atom. The molecule has 30 heavy (non-hydrogen) atoms. The molecule has 2 aromatic heterocycles. The van der Waals surface area contributed by atoms with E-state index >= 15 is 0 Å². The number of aromatic nitrogens is 4. The molecule has 0 aliphatic carbocycles. The van der Waals surface area contributed by atoms with Gasteiger partial charge in [-0.2, -0.15) is 5.10 Å². The van der Waals surface area contributed by atoms with Gasteiger partial charge in [0, 0.05) is 44.8 Å². The van der Waals surface area contributed by atoms with Gasteiger partial charge in [0.15, 0.2) is 11.6 Å². The first-order valence-corrected chi connectivity index (χ1v) is 10.7. The van der Waals surface area contributed by atoms with Crippen LogP contribution in [0.3, 0.4) is 0 Å². The Kier molecular flexibility index (Phi) is 5.12. The zero-order valence-electron chi connectivity index (χ0n) is 17.7. The average molecular weight is 405 g/mol. The maximum atomic E-state index is 5.61. The number of hydrogen-bond donors (Lipinski definition) is 0. The molecule has 7 heteroatoms. The van der Waals surface area contributed by atoms with Crippen LogP contribution in [-0.2, 0) is 12.8 Å². The van der Waals surface area contributed by atoms with E-state index < -0.39 is 0 Å². The molecule has 1 aromatic carbocycles. The zero-order chi connectivity index (χ0) is 20.5. The first-order chi connectivity index (χ1) is 14.7. The van der Waals surface area contributed by atoms with Gasteiger partial charge in [0.2, 0.25) is 0 Å². The fourth-order valence-electron chi connectivity index (χ4n) is 4.34. The van der Waals surface area contributed by atoms with Gasteiger partial charge in [0.05, 0.1) is 12.3 Å². The van der Waals surface area contributed by atoms with Crippen LogP contribution in [0, 0.1) is 13.8 Å². The van der Waals surface area contributed by atoms with Crippen molar-refractivity contribution in [1.29, 1.82) is 0 Å². The second-order valence-corrected chi connectivity index (χ2v) is 8.21. The molecule has 0 bridgehead atoms. The van der Waals surface area contributed by atoms with Crippen molar-refractivity contribution in [3.63, 3.8) is 0 Å². The third-order valence-corrected chi connectivity index (χ3v) is 6.03. The van der Waals surface area contributed by atoms with Gasteiger partial charge in [-0.25, -0.2) is 4.68 Å². The number of piperazine rings is 1. The molecule has 0 spiro atoms. The summed E-state index contributed by atoms with van der Waals surface area (Å²) in [7, 11) is 0. The lowest BCUT2D eigenvalue weighted by atomic mass is 10.1. The van der Waals surface area contributed by atoms with Crippen LogP contribution in [0.2, 0.25) is 0 Å². The molecule has 0 N–H and O–H groups in total. The fraction of sp³-hybridized carbons (Fsp3) is 0.435. The first-order valence-electron chi connectivity index (χ1n) is 10.7. The summed E-state index contributed by atoms with van der Waals surface area (Å²) in [5.74, 6) is 2.78. The summed E-state index contributed by atoms with van der Waals surface area (Å²) in [5.41, 5.74) is 4.83. The molecule has 0 saturated carbocycles. The van der Waals surface area contributed by atoms with Crippen molar-refractivity contribution >= 4 is 5.82 Å². The monoisotopic (exact) mass is 404 g/mol. The van der Waals surface area contributed by atoms with Crippen LogP contribution in [0.15, 0.2) is 36.4 Å². The van der Waals surface area contributed by atoms with Crippen LogP contribution < -0.4 is 9.64 Å². The largest absolute Gasteiger partial charge is 0.493 e. The smallest absolute Gasteiger partial charge is 0.176 e. The van der Waals surface area contributed by atoms with Crippen molar-refractivity contribution in [2.75, 3.05) is 44.2 Å². The van der Waals surface area contributed by atoms with Gasteiger partial charge in [-0.05, 0) is 55.7 Å². The summed E-state index contributed by atoms with van der Waals surface area (Å²) in [5, 5.41) is 13.4. The molecule has 4 heterocycles. The van der Waals surface area contributed by atoms with Crippen molar-refractivity contribution in [2.24, 2.45) is 0 Å². The van der Waals surface area contributed by atoms with Gasteiger partial charge < -0.3 is 9.64 Å². The van der Waals surface area contributed by atoms with Crippen LogP contribution >= 0.6 is 0 Å². The van der Waals surface area contributed by atoms with Crippen LogP contribution in [0.25, 0.3) is 5.82 Å². The Hall–Kier alpha value is -2.93. The SMILES string of the molecule is Cc1cc(C)n(-c2ccc(N3CCN(CCc4ccc5c(c4)CCO5)CC3)nn2)n1. The highest BCUT2D eigenvalue weighted by molar-refractivity contribution is 5.41. The van der Waals surface area contributed by atoms with Crippen molar-refractivity contribution in [2.45, 2.75) is 26.7 Å². The second kappa shape index (κ2) is 8.07. The Morgan fingerprint density at radius 1 is 0.933 bits per heavy atom. The zero-order valence-corrected chi connectivity index (χ0v) is 17.7. The van der Waals surface area contributed by atoms with E-state index in [0.717, 1.165) is 80.9 Å². The van der Waals surface area contributed by atoms with E-state index in [-0.39, 0.29) is 0 Å². The number of hydrogen-bond acceptors (Lipinski definition) is 6. The molecule has 5 rings (SSSR count). The summed E-state index contributed by atoms with van der Waals surface area (Å²) in [6.07, 6.45) is 2.13. The molecule has 7 nitrogen and oxygen atoms in total. The summed E-state index contributed by atoms with van der Waals surface area (Å²) in [6, 6.07) is 12.8. The molecule has 156 valence electrons. The van der Waals surface area contributed by atoms with Crippen LogP contribution in [0.4, 0.5) is 5.82 Å². The van der Waals surface area contributed by atoms with E-state index in [1.165, 1.54) is 11.1 Å². The van der Waals surface area contributed by atoms with Crippen LogP contribution in [0.1, 0.15) is 22.5 Å². The highest BCUT2D eigenvalue weighted by Gasteiger charge is 2.19. The van der Waals surface area contributed by atoms with E-state index in [2.05, 4.69) is 49.4 Å². The predicted octanol–water partition coefficient (Wildman–Crippen LogP) is 2.58. The van der Waals surface area contributed by atoms with E-state index in [1.54, 1.807) is 0 Å². The van der Waals surface area contributed by atoms with Crippen LogP contribution in [-0.4, -0.2) is 64.2 Å². The Balaban J connectivity index is 1.14. The molecule has 0 radical (unpaired) electrons. The fourth-order valence-corrected chi connectivity index (χ4v) is 4.34. The number of nitrogens with zero attached hydrogens (tertiary/aromatic N) is 6. The van der Waals surface area contributed by atoms with Crippen molar-refractivity contribution < 1.29 is 4.74 Å². The number of anilines is 1. The highest BCUT2D eigenvalue weighted by Crippen LogP contribution is 2.26. The summed E-state index contributed by atoms with van der Waals surface area (Å²) in [6.45, 7) is 10.00. The van der Waals surface area contributed by atoms with E-state index in [1.807, 2.05) is 30.7 Å². The molecule has 2 aliphatic heterocycles. The molecule has 3 aromatic rings. The lowest BCUT2D eigenvalue weighted by Gasteiger charge is -2.35. The minimum Gasteiger partial charge on any atom is -0.493 e. The highest BCUT2D eigenvalue weighted by atomic mass is 16.5. The van der Waals surface area contributed by atoms with E-state index in [0.29, 0.717) is 0 Å². The van der Waals surface area contributed by atoms with Crippen molar-refractivity contribution in [3.8, 4) is 11.6 Å². The lowest BCUT2D eigenvalue weighted by molar-refractivity contribution is 0.260. The van der Waals surface area contributed by atoms with Gasteiger partial charge in [0.1, 0.15) is 5.75 Å². The minimum absolute atomic E-state index is 0.766. The normalized spacial score (nSPS) is 16.5. The summed E-state index contributed by atoms with van der Waals surface area (Å²) >= 11 is 0.